The summed E-state index contributed by atoms with van der Waals surface area (Å²) in [4.78, 5) is 16.2. The van der Waals surface area contributed by atoms with Crippen molar-refractivity contribution in [3.63, 3.8) is 0 Å². The van der Waals surface area contributed by atoms with Crippen LogP contribution in [0.15, 0.2) is 11.6 Å². The summed E-state index contributed by atoms with van der Waals surface area (Å²) in [5.41, 5.74) is -0.455. The van der Waals surface area contributed by atoms with E-state index in [-0.39, 0.29) is 0 Å². The van der Waals surface area contributed by atoms with Crippen LogP contribution in [0.4, 0.5) is 9.93 Å². The van der Waals surface area contributed by atoms with E-state index in [0.717, 1.165) is 0 Å². The molecule has 1 rings (SSSR count). The largest absolute Gasteiger partial charge is 0.465 e. The van der Waals surface area contributed by atoms with E-state index in [4.69, 9.17) is 5.11 Å². The fourth-order valence-electron chi connectivity index (χ4n) is 0.982. The first-order valence-corrected chi connectivity index (χ1v) is 4.73. The Labute approximate surface area is 80.8 Å². The number of anilines is 1. The van der Waals surface area contributed by atoms with Gasteiger partial charge in [0, 0.05) is 17.1 Å². The molecule has 0 atom stereocenters. The maximum absolute atomic E-state index is 10.9. The Hall–Kier alpha value is -1.10. The highest BCUT2D eigenvalue weighted by atomic mass is 32.1. The molecule has 0 saturated carbocycles. The van der Waals surface area contributed by atoms with Crippen LogP contribution in [-0.4, -0.2) is 21.7 Å². The van der Waals surface area contributed by atoms with Crippen LogP contribution >= 0.6 is 11.3 Å². The molecule has 0 bridgehead atoms. The van der Waals surface area contributed by atoms with Gasteiger partial charge in [0.05, 0.1) is 0 Å². The first-order valence-electron chi connectivity index (χ1n) is 3.85. The van der Waals surface area contributed by atoms with Gasteiger partial charge >= 0.3 is 6.09 Å². The summed E-state index contributed by atoms with van der Waals surface area (Å²) in [6.07, 6.45) is 0.629. The van der Waals surface area contributed by atoms with E-state index in [1.54, 1.807) is 11.6 Å². The van der Waals surface area contributed by atoms with E-state index < -0.39 is 11.6 Å². The molecule has 0 spiro atoms. The van der Waals surface area contributed by atoms with Crippen LogP contribution < -0.4 is 4.90 Å². The van der Waals surface area contributed by atoms with Crippen LogP contribution in [0.2, 0.25) is 0 Å². The minimum absolute atomic E-state index is 0.455. The predicted octanol–water partition coefficient (Wildman–Crippen LogP) is 2.43. The summed E-state index contributed by atoms with van der Waals surface area (Å²) in [5.74, 6) is 0. The molecule has 0 saturated heterocycles. The lowest BCUT2D eigenvalue weighted by atomic mass is 10.1. The van der Waals surface area contributed by atoms with E-state index in [0.29, 0.717) is 5.13 Å². The van der Waals surface area contributed by atoms with Crippen LogP contribution in [0.3, 0.4) is 0 Å². The number of amides is 1. The molecule has 0 aliphatic rings. The van der Waals surface area contributed by atoms with Gasteiger partial charge in [0.2, 0.25) is 0 Å². The second-order valence-corrected chi connectivity index (χ2v) is 4.48. The van der Waals surface area contributed by atoms with Crippen molar-refractivity contribution >= 4 is 22.6 Å². The molecule has 0 aliphatic carbocycles. The fraction of sp³-hybridized carbons (Fsp3) is 0.500. The lowest BCUT2D eigenvalue weighted by Gasteiger charge is -2.30. The van der Waals surface area contributed by atoms with E-state index in [9.17, 15) is 4.79 Å². The number of carbonyl (C=O) groups is 1. The van der Waals surface area contributed by atoms with Gasteiger partial charge in [-0.05, 0) is 20.8 Å². The average molecular weight is 200 g/mol. The number of rotatable bonds is 1. The molecule has 0 radical (unpaired) electrons. The van der Waals surface area contributed by atoms with Gasteiger partial charge in [0.1, 0.15) is 0 Å². The second-order valence-electron chi connectivity index (χ2n) is 3.60. The Bertz CT molecular complexity index is 290. The highest BCUT2D eigenvalue weighted by Gasteiger charge is 2.29. The molecule has 0 aromatic carbocycles. The normalized spacial score (nSPS) is 11.3. The highest BCUT2D eigenvalue weighted by Crippen LogP contribution is 2.25. The third-order valence-electron chi connectivity index (χ3n) is 1.47. The molecule has 1 heterocycles. The van der Waals surface area contributed by atoms with Gasteiger partial charge in [-0.3, -0.25) is 0 Å². The third-order valence-corrected chi connectivity index (χ3v) is 2.23. The van der Waals surface area contributed by atoms with Crippen LogP contribution in [0.1, 0.15) is 20.8 Å². The second kappa shape index (κ2) is 3.33. The summed E-state index contributed by atoms with van der Waals surface area (Å²) >= 11 is 1.32. The molecule has 1 N–H and O–H groups in total. The van der Waals surface area contributed by atoms with E-state index in [2.05, 4.69) is 4.98 Å². The van der Waals surface area contributed by atoms with Gasteiger partial charge < -0.3 is 5.11 Å². The van der Waals surface area contributed by atoms with Gasteiger partial charge in [-0.15, -0.1) is 11.3 Å². The summed E-state index contributed by atoms with van der Waals surface area (Å²) in [6.45, 7) is 5.51. The molecule has 0 fully saturated rings. The highest BCUT2D eigenvalue weighted by molar-refractivity contribution is 7.13. The zero-order valence-electron chi connectivity index (χ0n) is 7.81. The Morgan fingerprint density at radius 3 is 2.54 bits per heavy atom. The van der Waals surface area contributed by atoms with Crippen molar-refractivity contribution in [2.75, 3.05) is 4.90 Å². The number of hydrogen-bond acceptors (Lipinski definition) is 3. The van der Waals surface area contributed by atoms with Crippen LogP contribution in [0.5, 0.6) is 0 Å². The molecule has 1 amide bonds. The quantitative estimate of drug-likeness (QED) is 0.757. The standard InChI is InChI=1S/C8H12N2O2S/c1-8(2,3)10(7(11)12)6-9-4-5-13-6/h4-5H,1-3H3,(H,11,12). The lowest BCUT2D eigenvalue weighted by Crippen LogP contribution is -2.45. The predicted molar refractivity (Wildman–Crippen MR) is 52.4 cm³/mol. The minimum atomic E-state index is -0.970. The summed E-state index contributed by atoms with van der Waals surface area (Å²) in [7, 11) is 0. The average Bonchev–Trinajstić information content (AvgIpc) is 2.34. The Balaban J connectivity index is 3.01. The van der Waals surface area contributed by atoms with Crippen molar-refractivity contribution in [2.45, 2.75) is 26.3 Å². The van der Waals surface area contributed by atoms with Crippen LogP contribution in [0, 0.1) is 0 Å². The lowest BCUT2D eigenvalue weighted by molar-refractivity contribution is 0.195. The molecule has 72 valence electrons. The number of thiazole rings is 1. The summed E-state index contributed by atoms with van der Waals surface area (Å²) < 4.78 is 0. The summed E-state index contributed by atoms with van der Waals surface area (Å²) in [6, 6.07) is 0. The first-order chi connectivity index (χ1) is 5.93. The fourth-order valence-corrected chi connectivity index (χ4v) is 1.80. The smallest absolute Gasteiger partial charge is 0.414 e. The zero-order valence-corrected chi connectivity index (χ0v) is 8.63. The van der Waals surface area contributed by atoms with Crippen molar-refractivity contribution < 1.29 is 9.90 Å². The van der Waals surface area contributed by atoms with Crippen LogP contribution in [-0.2, 0) is 0 Å². The maximum atomic E-state index is 10.9. The molecule has 0 aliphatic heterocycles. The van der Waals surface area contributed by atoms with E-state index >= 15 is 0 Å². The van der Waals surface area contributed by atoms with Gasteiger partial charge in [0.25, 0.3) is 0 Å². The monoisotopic (exact) mass is 200 g/mol. The van der Waals surface area contributed by atoms with Crippen molar-refractivity contribution in [2.24, 2.45) is 0 Å². The summed E-state index contributed by atoms with van der Waals surface area (Å²) in [5, 5.41) is 11.2. The number of carboxylic acid groups (broad SMARTS) is 1. The third kappa shape index (κ3) is 2.18. The number of nitrogens with zero attached hydrogens (tertiary/aromatic N) is 2. The van der Waals surface area contributed by atoms with Gasteiger partial charge in [-0.1, -0.05) is 0 Å². The van der Waals surface area contributed by atoms with Crippen molar-refractivity contribution in [1.29, 1.82) is 0 Å². The Morgan fingerprint density at radius 1 is 1.62 bits per heavy atom. The van der Waals surface area contributed by atoms with Crippen molar-refractivity contribution in [3.05, 3.63) is 11.6 Å². The molecule has 1 aromatic rings. The molecule has 0 unspecified atom stereocenters. The van der Waals surface area contributed by atoms with Gasteiger partial charge in [0.15, 0.2) is 5.13 Å². The topological polar surface area (TPSA) is 53.4 Å². The van der Waals surface area contributed by atoms with Crippen LogP contribution in [0.25, 0.3) is 0 Å². The van der Waals surface area contributed by atoms with Gasteiger partial charge in [-0.2, -0.15) is 0 Å². The minimum Gasteiger partial charge on any atom is -0.465 e. The Morgan fingerprint density at radius 2 is 2.23 bits per heavy atom. The molecular weight excluding hydrogens is 188 g/mol. The zero-order chi connectivity index (χ0) is 10.1. The van der Waals surface area contributed by atoms with Crippen molar-refractivity contribution in [3.8, 4) is 0 Å². The first kappa shape index (κ1) is 9.98. The Kier molecular flexibility index (Phi) is 2.56. The molecule has 5 heteroatoms. The van der Waals surface area contributed by atoms with E-state index in [1.807, 2.05) is 20.8 Å². The van der Waals surface area contributed by atoms with E-state index in [1.165, 1.54) is 16.2 Å². The molecule has 13 heavy (non-hydrogen) atoms. The SMILES string of the molecule is CC(C)(C)N(C(=O)O)c1nccs1. The number of hydrogen-bond donors (Lipinski definition) is 1. The molecule has 4 nitrogen and oxygen atoms in total. The maximum Gasteiger partial charge on any atom is 0.414 e. The molecular formula is C8H12N2O2S. The van der Waals surface area contributed by atoms with Crippen molar-refractivity contribution in [1.82, 2.24) is 4.98 Å². The molecule has 1 aromatic heterocycles. The van der Waals surface area contributed by atoms with Gasteiger partial charge in [-0.25, -0.2) is 14.7 Å². The number of aromatic nitrogens is 1.